The number of methoxy groups -OCH3 is 3. The number of aryl methyl sites for hydroxylation is 1. The van der Waals surface area contributed by atoms with Gasteiger partial charge in [0.1, 0.15) is 28.6 Å². The highest BCUT2D eigenvalue weighted by Gasteiger charge is 2.12. The molecular formula is C28H24N2O4S. The lowest BCUT2D eigenvalue weighted by molar-refractivity contribution is 0.414. The zero-order valence-electron chi connectivity index (χ0n) is 19.9. The Kier molecular flexibility index (Phi) is 6.25. The van der Waals surface area contributed by atoms with Gasteiger partial charge in [0, 0.05) is 27.5 Å². The monoisotopic (exact) mass is 484 g/mol. The van der Waals surface area contributed by atoms with Gasteiger partial charge < -0.3 is 18.6 Å². The van der Waals surface area contributed by atoms with Crippen molar-refractivity contribution in [3.63, 3.8) is 0 Å². The van der Waals surface area contributed by atoms with Crippen LogP contribution in [0.2, 0.25) is 0 Å². The molecule has 3 aromatic carbocycles. The molecule has 0 saturated carbocycles. The number of nitrogens with zero attached hydrogens (tertiary/aromatic N) is 2. The van der Waals surface area contributed by atoms with E-state index in [1.165, 1.54) is 0 Å². The lowest BCUT2D eigenvalue weighted by Gasteiger charge is -2.07. The van der Waals surface area contributed by atoms with Crippen LogP contribution in [0.4, 0.5) is 5.13 Å². The first kappa shape index (κ1) is 22.7. The number of benzene rings is 3. The minimum atomic E-state index is 0.671. The standard InChI is InChI=1S/C28H24N2O4S/c1-17-27(19-7-11-21(32-3)12-8-19)30-28(35-17)29-24-16-26(18-5-9-20(31-2)10-6-18)34-25-14-13-22(33-4)15-23(24)25/h5-16H,1-4H3. The van der Waals surface area contributed by atoms with Crippen LogP contribution in [0.5, 0.6) is 17.2 Å². The maximum absolute atomic E-state index is 6.23. The molecule has 2 aromatic heterocycles. The van der Waals surface area contributed by atoms with Crippen molar-refractivity contribution < 1.29 is 18.6 Å². The number of hydrogen-bond acceptors (Lipinski definition) is 7. The van der Waals surface area contributed by atoms with Crippen molar-refractivity contribution in [1.29, 1.82) is 0 Å². The normalized spacial score (nSPS) is 11.6. The van der Waals surface area contributed by atoms with Gasteiger partial charge in [-0.2, -0.15) is 0 Å². The Labute approximate surface area is 207 Å². The van der Waals surface area contributed by atoms with E-state index in [1.807, 2.05) is 72.8 Å². The summed E-state index contributed by atoms with van der Waals surface area (Å²) in [5.74, 6) is 3.03. The number of fused-ring (bicyclic) bond motifs is 1. The first-order valence-corrected chi connectivity index (χ1v) is 11.8. The predicted octanol–water partition coefficient (Wildman–Crippen LogP) is 6.79. The Morgan fingerprint density at radius 3 is 1.97 bits per heavy atom. The van der Waals surface area contributed by atoms with Crippen molar-refractivity contribution in [3.05, 3.63) is 83.0 Å². The van der Waals surface area contributed by atoms with E-state index in [0.717, 1.165) is 49.7 Å². The highest BCUT2D eigenvalue weighted by Crippen LogP contribution is 2.33. The second kappa shape index (κ2) is 9.64. The molecule has 5 aromatic rings. The van der Waals surface area contributed by atoms with Gasteiger partial charge in [0.05, 0.1) is 32.4 Å². The summed E-state index contributed by atoms with van der Waals surface area (Å²) >= 11 is 1.55. The number of aromatic nitrogens is 1. The van der Waals surface area contributed by atoms with Gasteiger partial charge in [-0.05, 0) is 73.7 Å². The average molecular weight is 485 g/mol. The number of ether oxygens (including phenoxy) is 3. The Morgan fingerprint density at radius 2 is 1.34 bits per heavy atom. The highest BCUT2D eigenvalue weighted by molar-refractivity contribution is 7.15. The van der Waals surface area contributed by atoms with E-state index in [0.29, 0.717) is 16.5 Å². The summed E-state index contributed by atoms with van der Waals surface area (Å²) in [6.07, 6.45) is 0. The van der Waals surface area contributed by atoms with Crippen molar-refractivity contribution in [3.8, 4) is 39.8 Å². The molecule has 0 aliphatic heterocycles. The SMILES string of the molecule is COc1ccc(-c2cc(=Nc3nc(-c4ccc(OC)cc4)c(C)s3)c3cc(OC)ccc3o2)cc1. The van der Waals surface area contributed by atoms with E-state index in [4.69, 9.17) is 28.6 Å². The molecule has 0 N–H and O–H groups in total. The van der Waals surface area contributed by atoms with E-state index in [9.17, 15) is 0 Å². The second-order valence-corrected chi connectivity index (χ2v) is 9.01. The summed E-state index contributed by atoms with van der Waals surface area (Å²) < 4.78 is 22.2. The van der Waals surface area contributed by atoms with Crippen molar-refractivity contribution in [1.82, 2.24) is 4.98 Å². The lowest BCUT2D eigenvalue weighted by atomic mass is 10.1. The molecule has 0 bridgehead atoms. The number of rotatable bonds is 6. The maximum Gasteiger partial charge on any atom is 0.210 e. The van der Waals surface area contributed by atoms with Crippen molar-refractivity contribution >= 4 is 27.4 Å². The lowest BCUT2D eigenvalue weighted by Crippen LogP contribution is -2.03. The number of hydrogen-bond donors (Lipinski definition) is 0. The van der Waals surface area contributed by atoms with Crippen LogP contribution in [0, 0.1) is 6.92 Å². The fourth-order valence-corrected chi connectivity index (χ4v) is 4.63. The molecule has 0 saturated heterocycles. The molecule has 0 aliphatic rings. The maximum atomic E-state index is 6.23. The summed E-state index contributed by atoms with van der Waals surface area (Å²) in [6.45, 7) is 2.06. The van der Waals surface area contributed by atoms with E-state index in [2.05, 4.69) is 6.92 Å². The van der Waals surface area contributed by atoms with E-state index in [-0.39, 0.29) is 0 Å². The molecule has 2 heterocycles. The third-order valence-corrected chi connectivity index (χ3v) is 6.55. The van der Waals surface area contributed by atoms with Gasteiger partial charge >= 0.3 is 0 Å². The molecule has 0 aliphatic carbocycles. The summed E-state index contributed by atoms with van der Waals surface area (Å²) in [7, 11) is 4.95. The fourth-order valence-electron chi connectivity index (χ4n) is 3.82. The molecule has 176 valence electrons. The Hall–Kier alpha value is -4.10. The third kappa shape index (κ3) is 4.63. The zero-order chi connectivity index (χ0) is 24.4. The summed E-state index contributed by atoms with van der Waals surface area (Å²) in [5.41, 5.74) is 3.57. The average Bonchev–Trinajstić information content (AvgIpc) is 3.28. The first-order chi connectivity index (χ1) is 17.1. The molecule has 0 unspecified atom stereocenters. The van der Waals surface area contributed by atoms with Crippen LogP contribution < -0.4 is 19.6 Å². The summed E-state index contributed by atoms with van der Waals surface area (Å²) in [5, 5.41) is 2.27. The molecule has 35 heavy (non-hydrogen) atoms. The quantitative estimate of drug-likeness (QED) is 0.265. The molecular weight excluding hydrogens is 460 g/mol. The van der Waals surface area contributed by atoms with Gasteiger partial charge in [0.2, 0.25) is 5.13 Å². The van der Waals surface area contributed by atoms with Crippen LogP contribution in [-0.4, -0.2) is 26.3 Å². The van der Waals surface area contributed by atoms with Gasteiger partial charge in [-0.25, -0.2) is 9.98 Å². The van der Waals surface area contributed by atoms with Crippen molar-refractivity contribution in [2.45, 2.75) is 6.92 Å². The van der Waals surface area contributed by atoms with Gasteiger partial charge in [0.15, 0.2) is 0 Å². The summed E-state index contributed by atoms with van der Waals surface area (Å²) in [6, 6.07) is 23.3. The van der Waals surface area contributed by atoms with Crippen LogP contribution in [0.3, 0.4) is 0 Å². The molecule has 0 amide bonds. The Morgan fingerprint density at radius 1 is 0.743 bits per heavy atom. The largest absolute Gasteiger partial charge is 0.497 e. The molecule has 0 radical (unpaired) electrons. The van der Waals surface area contributed by atoms with Crippen LogP contribution in [0.1, 0.15) is 4.88 Å². The van der Waals surface area contributed by atoms with Crippen LogP contribution >= 0.6 is 11.3 Å². The minimum Gasteiger partial charge on any atom is -0.497 e. The van der Waals surface area contributed by atoms with E-state index in [1.54, 1.807) is 32.7 Å². The smallest absolute Gasteiger partial charge is 0.210 e. The van der Waals surface area contributed by atoms with Crippen LogP contribution in [0.15, 0.2) is 82.2 Å². The molecule has 0 atom stereocenters. The molecule has 5 rings (SSSR count). The first-order valence-electron chi connectivity index (χ1n) is 11.0. The third-order valence-electron chi connectivity index (χ3n) is 5.69. The van der Waals surface area contributed by atoms with Crippen molar-refractivity contribution in [2.75, 3.05) is 21.3 Å². The number of thiazole rings is 1. The zero-order valence-corrected chi connectivity index (χ0v) is 20.7. The van der Waals surface area contributed by atoms with Gasteiger partial charge in [0.25, 0.3) is 0 Å². The molecule has 7 heteroatoms. The molecule has 6 nitrogen and oxygen atoms in total. The van der Waals surface area contributed by atoms with Gasteiger partial charge in [-0.1, -0.05) is 11.3 Å². The molecule has 0 spiro atoms. The van der Waals surface area contributed by atoms with E-state index < -0.39 is 0 Å². The van der Waals surface area contributed by atoms with Gasteiger partial charge in [-0.3, -0.25) is 0 Å². The van der Waals surface area contributed by atoms with Crippen LogP contribution in [0.25, 0.3) is 33.6 Å². The second-order valence-electron chi connectivity index (χ2n) is 7.83. The van der Waals surface area contributed by atoms with Crippen molar-refractivity contribution in [2.24, 2.45) is 4.99 Å². The molecule has 0 fully saturated rings. The fraction of sp³-hybridized carbons (Fsp3) is 0.143. The minimum absolute atomic E-state index is 0.671. The van der Waals surface area contributed by atoms with Crippen LogP contribution in [-0.2, 0) is 0 Å². The Balaban J connectivity index is 1.65. The van der Waals surface area contributed by atoms with E-state index >= 15 is 0 Å². The van der Waals surface area contributed by atoms with Gasteiger partial charge in [-0.15, -0.1) is 0 Å². The summed E-state index contributed by atoms with van der Waals surface area (Å²) in [4.78, 5) is 10.9. The topological polar surface area (TPSA) is 66.1 Å². The predicted molar refractivity (Wildman–Crippen MR) is 139 cm³/mol. The highest BCUT2D eigenvalue weighted by atomic mass is 32.1. The Bertz CT molecular complexity index is 1550.